The van der Waals surface area contributed by atoms with Crippen LogP contribution in [0.5, 0.6) is 0 Å². The molecule has 0 radical (unpaired) electrons. The van der Waals surface area contributed by atoms with Crippen LogP contribution in [-0.4, -0.2) is 46.2 Å². The highest BCUT2D eigenvalue weighted by atomic mass is 35.5. The lowest BCUT2D eigenvalue weighted by molar-refractivity contribution is -0.155. The van der Waals surface area contributed by atoms with Crippen LogP contribution in [0.1, 0.15) is 9.75 Å². The van der Waals surface area contributed by atoms with Crippen molar-refractivity contribution in [3.05, 3.63) is 56.7 Å². The molecule has 8 heteroatoms. The molecule has 2 amide bonds. The second-order valence-electron chi connectivity index (χ2n) is 6.12. The number of carbonyl (C=O) groups excluding carboxylic acids is 2. The summed E-state index contributed by atoms with van der Waals surface area (Å²) < 4.78 is 1.81. The summed E-state index contributed by atoms with van der Waals surface area (Å²) in [5, 5.41) is 0. The van der Waals surface area contributed by atoms with Gasteiger partial charge < -0.3 is 9.80 Å². The fraction of sp³-hybridized carbons (Fsp3) is 0.211. The van der Waals surface area contributed by atoms with Gasteiger partial charge in [0, 0.05) is 35.6 Å². The van der Waals surface area contributed by atoms with Gasteiger partial charge in [0.1, 0.15) is 0 Å². The number of aromatic nitrogens is 1. The van der Waals surface area contributed by atoms with Gasteiger partial charge in [-0.05, 0) is 36.4 Å². The van der Waals surface area contributed by atoms with Crippen LogP contribution in [0, 0.1) is 0 Å². The summed E-state index contributed by atoms with van der Waals surface area (Å²) in [6.45, 7) is 1.93. The Hall–Kier alpha value is -2.22. The molecule has 1 aliphatic rings. The third-order valence-corrected chi connectivity index (χ3v) is 6.55. The number of fused-ring (bicyclic) bond motifs is 1. The van der Waals surface area contributed by atoms with Gasteiger partial charge in [-0.3, -0.25) is 14.6 Å². The van der Waals surface area contributed by atoms with Crippen LogP contribution in [0.2, 0.25) is 4.34 Å². The minimum Gasteiger partial charge on any atom is -0.329 e. The molecule has 0 aromatic carbocycles. The number of amides is 2. The number of carbonyl (C=O) groups is 2. The first-order valence-corrected chi connectivity index (χ1v) is 10.4. The number of piperazine rings is 1. The van der Waals surface area contributed by atoms with Gasteiger partial charge >= 0.3 is 11.8 Å². The molecular weight excluding hydrogens is 402 g/mol. The standard InChI is InChI=1S/C19H16ClN3O2S2/c20-17-6-5-13(27-17)3-2-8-22-9-10-23(19(25)18(22)24)12-14-11-15-16(26-14)4-1-7-21-15/h1-7,11H,8-10,12H2. The van der Waals surface area contributed by atoms with Crippen LogP contribution < -0.4 is 0 Å². The van der Waals surface area contributed by atoms with E-state index in [9.17, 15) is 9.59 Å². The van der Waals surface area contributed by atoms with Crippen LogP contribution >= 0.6 is 34.3 Å². The van der Waals surface area contributed by atoms with Crippen molar-refractivity contribution in [2.24, 2.45) is 0 Å². The first kappa shape index (κ1) is 18.2. The number of thiophene rings is 2. The molecule has 0 spiro atoms. The highest BCUT2D eigenvalue weighted by Crippen LogP contribution is 2.25. The Morgan fingerprint density at radius 1 is 1.11 bits per heavy atom. The van der Waals surface area contributed by atoms with Crippen molar-refractivity contribution in [2.75, 3.05) is 19.6 Å². The van der Waals surface area contributed by atoms with E-state index in [0.717, 1.165) is 24.3 Å². The largest absolute Gasteiger partial charge is 0.329 e. The van der Waals surface area contributed by atoms with Crippen LogP contribution in [0.4, 0.5) is 0 Å². The highest BCUT2D eigenvalue weighted by Gasteiger charge is 2.32. The van der Waals surface area contributed by atoms with Gasteiger partial charge in [-0.15, -0.1) is 22.7 Å². The molecule has 138 valence electrons. The number of halogens is 1. The van der Waals surface area contributed by atoms with Crippen molar-refractivity contribution in [3.63, 3.8) is 0 Å². The molecule has 0 aliphatic carbocycles. The molecule has 3 aromatic heterocycles. The predicted molar refractivity (Wildman–Crippen MR) is 110 cm³/mol. The second kappa shape index (κ2) is 7.80. The average molecular weight is 418 g/mol. The van der Waals surface area contributed by atoms with Crippen molar-refractivity contribution < 1.29 is 9.59 Å². The summed E-state index contributed by atoms with van der Waals surface area (Å²) in [6, 6.07) is 9.65. The number of hydrogen-bond acceptors (Lipinski definition) is 5. The maximum absolute atomic E-state index is 12.5. The quantitative estimate of drug-likeness (QED) is 0.591. The van der Waals surface area contributed by atoms with Gasteiger partial charge in [0.25, 0.3) is 0 Å². The monoisotopic (exact) mass is 417 g/mol. The van der Waals surface area contributed by atoms with E-state index in [1.54, 1.807) is 27.3 Å². The maximum atomic E-state index is 12.5. The molecule has 4 rings (SSSR count). The summed E-state index contributed by atoms with van der Waals surface area (Å²) in [7, 11) is 0. The van der Waals surface area contributed by atoms with Crippen LogP contribution in [0.3, 0.4) is 0 Å². The number of rotatable bonds is 5. The van der Waals surface area contributed by atoms with Gasteiger partial charge in [-0.1, -0.05) is 17.7 Å². The van der Waals surface area contributed by atoms with Gasteiger partial charge in [0.2, 0.25) is 0 Å². The fourth-order valence-electron chi connectivity index (χ4n) is 2.94. The Balaban J connectivity index is 1.37. The molecule has 1 fully saturated rings. The molecule has 0 atom stereocenters. The Morgan fingerprint density at radius 2 is 1.93 bits per heavy atom. The lowest BCUT2D eigenvalue weighted by Crippen LogP contribution is -2.53. The van der Waals surface area contributed by atoms with Gasteiger partial charge in [0.15, 0.2) is 0 Å². The van der Waals surface area contributed by atoms with Crippen molar-refractivity contribution >= 4 is 62.4 Å². The van der Waals surface area contributed by atoms with Gasteiger partial charge in [-0.2, -0.15) is 0 Å². The van der Waals surface area contributed by atoms with E-state index in [4.69, 9.17) is 11.6 Å². The summed E-state index contributed by atoms with van der Waals surface area (Å²) in [5.41, 5.74) is 0.925. The fourth-order valence-corrected chi connectivity index (χ4v) is 4.97. The average Bonchev–Trinajstić information content (AvgIpc) is 3.26. The second-order valence-corrected chi connectivity index (χ2v) is 9.04. The summed E-state index contributed by atoms with van der Waals surface area (Å²) in [5.74, 6) is -0.895. The Morgan fingerprint density at radius 3 is 2.70 bits per heavy atom. The van der Waals surface area contributed by atoms with Gasteiger partial charge in [0.05, 0.1) is 21.1 Å². The van der Waals surface area contributed by atoms with E-state index >= 15 is 0 Å². The van der Waals surface area contributed by atoms with Crippen molar-refractivity contribution in [2.45, 2.75) is 6.54 Å². The molecule has 3 aromatic rings. The number of hydrogen-bond donors (Lipinski definition) is 0. The number of nitrogens with zero attached hydrogens (tertiary/aromatic N) is 3. The molecule has 1 saturated heterocycles. The van der Waals surface area contributed by atoms with E-state index in [1.807, 2.05) is 42.5 Å². The Bertz CT molecular complexity index is 994. The van der Waals surface area contributed by atoms with Crippen molar-refractivity contribution in [1.29, 1.82) is 0 Å². The molecule has 1 aliphatic heterocycles. The van der Waals surface area contributed by atoms with E-state index in [0.29, 0.717) is 26.2 Å². The molecule has 27 heavy (non-hydrogen) atoms. The van der Waals surface area contributed by atoms with Crippen LogP contribution in [0.15, 0.2) is 42.6 Å². The van der Waals surface area contributed by atoms with E-state index in [2.05, 4.69) is 4.98 Å². The van der Waals surface area contributed by atoms with E-state index < -0.39 is 11.8 Å². The third-order valence-electron chi connectivity index (χ3n) is 4.28. The Labute approximate surface area is 169 Å². The van der Waals surface area contributed by atoms with Crippen LogP contribution in [0.25, 0.3) is 16.3 Å². The summed E-state index contributed by atoms with van der Waals surface area (Å²) >= 11 is 8.99. The lowest BCUT2D eigenvalue weighted by atomic mass is 10.2. The smallest absolute Gasteiger partial charge is 0.312 e. The summed E-state index contributed by atoms with van der Waals surface area (Å²) in [6.07, 6.45) is 5.56. The normalized spacial score (nSPS) is 15.4. The predicted octanol–water partition coefficient (Wildman–Crippen LogP) is 3.90. The number of pyridine rings is 1. The van der Waals surface area contributed by atoms with Gasteiger partial charge in [-0.25, -0.2) is 0 Å². The molecule has 0 unspecified atom stereocenters. The first-order valence-electron chi connectivity index (χ1n) is 8.43. The topological polar surface area (TPSA) is 53.5 Å². The van der Waals surface area contributed by atoms with E-state index in [1.165, 1.54) is 11.3 Å². The molecule has 0 bridgehead atoms. The highest BCUT2D eigenvalue weighted by molar-refractivity contribution is 7.19. The molecule has 0 N–H and O–H groups in total. The summed E-state index contributed by atoms with van der Waals surface area (Å²) in [4.78, 5) is 34.5. The Kier molecular flexibility index (Phi) is 5.24. The van der Waals surface area contributed by atoms with Crippen molar-refractivity contribution in [3.8, 4) is 0 Å². The van der Waals surface area contributed by atoms with Crippen LogP contribution in [-0.2, 0) is 16.1 Å². The first-order chi connectivity index (χ1) is 13.1. The SMILES string of the molecule is O=C1C(=O)N(Cc2cc3ncccc3s2)CCN1CC=Cc1ccc(Cl)s1. The third kappa shape index (κ3) is 4.05. The zero-order valence-corrected chi connectivity index (χ0v) is 16.7. The molecule has 0 saturated carbocycles. The van der Waals surface area contributed by atoms with Crippen molar-refractivity contribution in [1.82, 2.24) is 14.8 Å². The minimum absolute atomic E-state index is 0.417. The molecule has 5 nitrogen and oxygen atoms in total. The minimum atomic E-state index is -0.450. The zero-order valence-electron chi connectivity index (χ0n) is 14.3. The zero-order chi connectivity index (χ0) is 18.8. The lowest BCUT2D eigenvalue weighted by Gasteiger charge is -2.32. The molecule has 4 heterocycles. The maximum Gasteiger partial charge on any atom is 0.312 e. The van der Waals surface area contributed by atoms with E-state index in [-0.39, 0.29) is 0 Å². The molecular formula is C19H16ClN3O2S2.